The van der Waals surface area contributed by atoms with Gasteiger partial charge in [-0.25, -0.2) is 14.5 Å². The maximum atomic E-state index is 12.6. The number of rotatable bonds is 5. The Labute approximate surface area is 173 Å². The number of carbonyl (C=O) groups excluding carboxylic acids is 1. The number of imidazole rings is 1. The van der Waals surface area contributed by atoms with Gasteiger partial charge in [0.25, 0.3) is 5.91 Å². The van der Waals surface area contributed by atoms with Crippen molar-refractivity contribution in [3.8, 4) is 22.8 Å². The number of carbonyl (C=O) groups is 1. The van der Waals surface area contributed by atoms with Crippen molar-refractivity contribution in [2.24, 2.45) is 0 Å². The molecule has 3 heterocycles. The highest BCUT2D eigenvalue weighted by atomic mass is 16.5. The molecule has 4 aromatic rings. The summed E-state index contributed by atoms with van der Waals surface area (Å²) in [5.41, 5.74) is 4.77. The fourth-order valence-corrected chi connectivity index (χ4v) is 3.64. The second kappa shape index (κ2) is 6.98. The van der Waals surface area contributed by atoms with E-state index in [-0.39, 0.29) is 5.91 Å². The first-order valence-electron chi connectivity index (χ1n) is 9.90. The summed E-state index contributed by atoms with van der Waals surface area (Å²) in [6, 6.07) is 7.70. The van der Waals surface area contributed by atoms with Crippen LogP contribution in [0.5, 0.6) is 5.75 Å². The standard InChI is InChI=1S/C22H22N6O2/c1-13-10-14(2)28-21(25-13)17(12-24-28)20-23-8-9-27(20)18-11-15(4-7-19(18)30-3)22(29)26-16-5-6-16/h4,7-12,16H,5-6H2,1-3H3,(H,26,29). The van der Waals surface area contributed by atoms with Gasteiger partial charge in [0.1, 0.15) is 11.6 Å². The Balaban J connectivity index is 1.63. The van der Waals surface area contributed by atoms with E-state index in [9.17, 15) is 4.79 Å². The van der Waals surface area contributed by atoms with Crippen LogP contribution in [0.25, 0.3) is 22.7 Å². The van der Waals surface area contributed by atoms with Crippen LogP contribution in [0.15, 0.2) is 42.9 Å². The molecular formula is C22H22N6O2. The van der Waals surface area contributed by atoms with Gasteiger partial charge in [0.05, 0.1) is 24.6 Å². The zero-order valence-electron chi connectivity index (χ0n) is 17.1. The molecule has 8 heteroatoms. The van der Waals surface area contributed by atoms with Crippen LogP contribution in [0.2, 0.25) is 0 Å². The summed E-state index contributed by atoms with van der Waals surface area (Å²) < 4.78 is 9.29. The fraction of sp³-hybridized carbons (Fsp3) is 0.273. The smallest absolute Gasteiger partial charge is 0.251 e. The number of aromatic nitrogens is 5. The van der Waals surface area contributed by atoms with E-state index in [1.807, 2.05) is 42.8 Å². The first-order valence-corrected chi connectivity index (χ1v) is 9.90. The second-order valence-electron chi connectivity index (χ2n) is 7.59. The molecule has 0 spiro atoms. The van der Waals surface area contributed by atoms with Crippen LogP contribution in [-0.2, 0) is 0 Å². The van der Waals surface area contributed by atoms with Crippen molar-refractivity contribution in [3.05, 3.63) is 59.8 Å². The molecule has 8 nitrogen and oxygen atoms in total. The van der Waals surface area contributed by atoms with Crippen molar-refractivity contribution in [3.63, 3.8) is 0 Å². The van der Waals surface area contributed by atoms with Crippen molar-refractivity contribution < 1.29 is 9.53 Å². The SMILES string of the molecule is COc1ccc(C(=O)NC2CC2)cc1-n1ccnc1-c1cnn2c(C)cc(C)nc12. The zero-order chi connectivity index (χ0) is 20.8. The number of fused-ring (bicyclic) bond motifs is 1. The highest BCUT2D eigenvalue weighted by molar-refractivity contribution is 5.95. The molecule has 1 fully saturated rings. The third-order valence-electron chi connectivity index (χ3n) is 5.27. The van der Waals surface area contributed by atoms with Crippen LogP contribution in [-0.4, -0.2) is 43.2 Å². The van der Waals surface area contributed by atoms with Crippen molar-refractivity contribution in [2.75, 3.05) is 7.11 Å². The summed E-state index contributed by atoms with van der Waals surface area (Å²) >= 11 is 0. The van der Waals surface area contributed by atoms with Crippen LogP contribution in [0.1, 0.15) is 34.6 Å². The van der Waals surface area contributed by atoms with Crippen molar-refractivity contribution in [2.45, 2.75) is 32.7 Å². The predicted molar refractivity (Wildman–Crippen MR) is 112 cm³/mol. The van der Waals surface area contributed by atoms with E-state index in [0.29, 0.717) is 23.2 Å². The van der Waals surface area contributed by atoms with Crippen molar-refractivity contribution >= 4 is 11.6 Å². The third-order valence-corrected chi connectivity index (χ3v) is 5.27. The first-order chi connectivity index (χ1) is 14.5. The van der Waals surface area contributed by atoms with Crippen LogP contribution in [0.3, 0.4) is 0 Å². The minimum atomic E-state index is -0.0769. The molecule has 3 aromatic heterocycles. The minimum Gasteiger partial charge on any atom is -0.495 e. The van der Waals surface area contributed by atoms with E-state index in [2.05, 4.69) is 20.4 Å². The highest BCUT2D eigenvalue weighted by Crippen LogP contribution is 2.31. The number of hydrogen-bond acceptors (Lipinski definition) is 5. The number of aryl methyl sites for hydroxylation is 2. The maximum Gasteiger partial charge on any atom is 0.251 e. The van der Waals surface area contributed by atoms with Gasteiger partial charge in [-0.15, -0.1) is 0 Å². The Morgan fingerprint density at radius 2 is 2.07 bits per heavy atom. The second-order valence-corrected chi connectivity index (χ2v) is 7.59. The number of nitrogens with one attached hydrogen (secondary N) is 1. The lowest BCUT2D eigenvalue weighted by molar-refractivity contribution is 0.0951. The molecule has 152 valence electrons. The van der Waals surface area contributed by atoms with Crippen LogP contribution in [0, 0.1) is 13.8 Å². The Bertz CT molecular complexity index is 1270. The van der Waals surface area contributed by atoms with Gasteiger partial charge in [-0.1, -0.05) is 0 Å². The first kappa shape index (κ1) is 18.4. The molecule has 1 saturated carbocycles. The molecule has 0 radical (unpaired) electrons. The quantitative estimate of drug-likeness (QED) is 0.554. The molecule has 0 bridgehead atoms. The summed E-state index contributed by atoms with van der Waals surface area (Å²) in [7, 11) is 1.61. The van der Waals surface area contributed by atoms with Gasteiger partial charge in [0, 0.05) is 35.4 Å². The number of nitrogens with zero attached hydrogens (tertiary/aromatic N) is 5. The van der Waals surface area contributed by atoms with Gasteiger partial charge in [0.15, 0.2) is 5.65 Å². The molecule has 1 aliphatic rings. The Hall–Kier alpha value is -3.68. The van der Waals surface area contributed by atoms with Gasteiger partial charge in [-0.2, -0.15) is 5.10 Å². The lowest BCUT2D eigenvalue weighted by atomic mass is 10.1. The number of ether oxygens (including phenoxy) is 1. The molecule has 0 saturated heterocycles. The average molecular weight is 402 g/mol. The van der Waals surface area contributed by atoms with E-state index in [1.54, 1.807) is 30.1 Å². The molecular weight excluding hydrogens is 380 g/mol. The van der Waals surface area contributed by atoms with Gasteiger partial charge in [0.2, 0.25) is 0 Å². The average Bonchev–Trinajstić information content (AvgIpc) is 3.24. The van der Waals surface area contributed by atoms with Crippen LogP contribution < -0.4 is 10.1 Å². The molecule has 1 amide bonds. The van der Waals surface area contributed by atoms with Crippen molar-refractivity contribution in [1.29, 1.82) is 0 Å². The molecule has 0 aliphatic heterocycles. The summed E-state index contributed by atoms with van der Waals surface area (Å²) in [6.45, 7) is 3.96. The normalized spacial score (nSPS) is 13.6. The number of hydrogen-bond donors (Lipinski definition) is 1. The van der Waals surface area contributed by atoms with Crippen LogP contribution >= 0.6 is 0 Å². The summed E-state index contributed by atoms with van der Waals surface area (Å²) in [5, 5.41) is 7.51. The van der Waals surface area contributed by atoms with E-state index in [0.717, 1.165) is 41.1 Å². The van der Waals surface area contributed by atoms with Gasteiger partial charge in [-0.05, 0) is 51.0 Å². The predicted octanol–water partition coefficient (Wildman–Crippen LogP) is 3.10. The van der Waals surface area contributed by atoms with Gasteiger partial charge in [-0.3, -0.25) is 9.36 Å². The van der Waals surface area contributed by atoms with Gasteiger partial charge < -0.3 is 10.1 Å². The monoisotopic (exact) mass is 402 g/mol. The van der Waals surface area contributed by atoms with Crippen molar-refractivity contribution in [1.82, 2.24) is 29.5 Å². The van der Waals surface area contributed by atoms with E-state index in [1.165, 1.54) is 0 Å². The minimum absolute atomic E-state index is 0.0769. The molecule has 5 rings (SSSR count). The Morgan fingerprint density at radius 1 is 1.23 bits per heavy atom. The number of methoxy groups -OCH3 is 1. The van der Waals surface area contributed by atoms with E-state index >= 15 is 0 Å². The lowest BCUT2D eigenvalue weighted by Crippen LogP contribution is -2.25. The number of benzene rings is 1. The summed E-state index contributed by atoms with van der Waals surface area (Å²) in [6.07, 6.45) is 7.42. The third kappa shape index (κ3) is 3.10. The molecule has 0 unspecified atom stereocenters. The largest absolute Gasteiger partial charge is 0.495 e. The summed E-state index contributed by atoms with van der Waals surface area (Å²) in [4.78, 5) is 21.8. The zero-order valence-corrected chi connectivity index (χ0v) is 17.1. The number of amides is 1. The molecule has 1 aromatic carbocycles. The molecule has 0 atom stereocenters. The summed E-state index contributed by atoms with van der Waals surface area (Å²) in [5.74, 6) is 1.25. The lowest BCUT2D eigenvalue weighted by Gasteiger charge is -2.14. The topological polar surface area (TPSA) is 86.3 Å². The highest BCUT2D eigenvalue weighted by Gasteiger charge is 2.25. The Morgan fingerprint density at radius 3 is 2.83 bits per heavy atom. The van der Waals surface area contributed by atoms with E-state index < -0.39 is 0 Å². The van der Waals surface area contributed by atoms with Crippen LogP contribution in [0.4, 0.5) is 0 Å². The Kier molecular flexibility index (Phi) is 4.27. The molecule has 1 aliphatic carbocycles. The maximum absolute atomic E-state index is 12.6. The molecule has 1 N–H and O–H groups in total. The van der Waals surface area contributed by atoms with E-state index in [4.69, 9.17) is 4.74 Å². The van der Waals surface area contributed by atoms with Gasteiger partial charge >= 0.3 is 0 Å². The molecule has 30 heavy (non-hydrogen) atoms. The fourth-order valence-electron chi connectivity index (χ4n) is 3.64.